The first kappa shape index (κ1) is 15.3. The van der Waals surface area contributed by atoms with Gasteiger partial charge in [-0.3, -0.25) is 0 Å². The van der Waals surface area contributed by atoms with E-state index in [2.05, 4.69) is 24.1 Å². The van der Waals surface area contributed by atoms with Crippen molar-refractivity contribution in [3.05, 3.63) is 45.8 Å². The molecule has 0 spiro atoms. The fourth-order valence-corrected chi connectivity index (χ4v) is 3.63. The molecular weight excluding hydrogens is 274 g/mol. The molecule has 2 aromatic rings. The highest BCUT2D eigenvalue weighted by molar-refractivity contribution is 5.80. The lowest BCUT2D eigenvalue weighted by Gasteiger charge is -2.27. The van der Waals surface area contributed by atoms with Crippen LogP contribution in [0.3, 0.4) is 0 Å². The smallest absolute Gasteiger partial charge is 0.336 e. The third-order valence-electron chi connectivity index (χ3n) is 4.72. The summed E-state index contributed by atoms with van der Waals surface area (Å²) in [6, 6.07) is 7.74. The van der Waals surface area contributed by atoms with Crippen LogP contribution in [0.15, 0.2) is 33.5 Å². The Hall–Kier alpha value is -1.61. The van der Waals surface area contributed by atoms with Crippen LogP contribution < -0.4 is 5.63 Å². The van der Waals surface area contributed by atoms with Crippen LogP contribution in [0.25, 0.3) is 11.0 Å². The summed E-state index contributed by atoms with van der Waals surface area (Å²) in [6.07, 6.45) is 6.83. The van der Waals surface area contributed by atoms with Crippen molar-refractivity contribution in [3.63, 3.8) is 0 Å². The zero-order chi connectivity index (χ0) is 15.5. The molecule has 1 saturated carbocycles. The molecule has 0 N–H and O–H groups in total. The predicted octanol–water partition coefficient (Wildman–Crippen LogP) is 4.11. The Morgan fingerprint density at radius 2 is 1.95 bits per heavy atom. The van der Waals surface area contributed by atoms with Crippen molar-refractivity contribution in [2.45, 2.75) is 45.6 Å². The van der Waals surface area contributed by atoms with Gasteiger partial charge in [0.1, 0.15) is 5.58 Å². The Kier molecular flexibility index (Phi) is 4.63. The van der Waals surface area contributed by atoms with E-state index in [-0.39, 0.29) is 5.63 Å². The van der Waals surface area contributed by atoms with Gasteiger partial charge in [0, 0.05) is 24.5 Å². The Bertz CT molecular complexity index is 698. The van der Waals surface area contributed by atoms with Crippen LogP contribution in [0.5, 0.6) is 0 Å². The summed E-state index contributed by atoms with van der Waals surface area (Å²) in [5, 5.41) is 1.06. The molecule has 0 unspecified atom stereocenters. The number of hydrogen-bond acceptors (Lipinski definition) is 3. The summed E-state index contributed by atoms with van der Waals surface area (Å²) in [4.78, 5) is 14.2. The number of benzene rings is 1. The Labute approximate surface area is 131 Å². The molecule has 0 bridgehead atoms. The molecule has 3 heteroatoms. The number of nitrogens with zero attached hydrogens (tertiary/aromatic N) is 1. The van der Waals surface area contributed by atoms with Gasteiger partial charge in [0.25, 0.3) is 0 Å². The number of rotatable bonds is 4. The summed E-state index contributed by atoms with van der Waals surface area (Å²) in [7, 11) is 2.16. The van der Waals surface area contributed by atoms with Gasteiger partial charge in [0.15, 0.2) is 0 Å². The molecule has 22 heavy (non-hydrogen) atoms. The maximum absolute atomic E-state index is 11.8. The first-order valence-corrected chi connectivity index (χ1v) is 8.34. The van der Waals surface area contributed by atoms with E-state index in [1.54, 1.807) is 6.07 Å². The molecule has 0 amide bonds. The normalized spacial score (nSPS) is 16.5. The fraction of sp³-hybridized carbons (Fsp3) is 0.526. The minimum absolute atomic E-state index is 0.251. The van der Waals surface area contributed by atoms with Crippen molar-refractivity contribution in [3.8, 4) is 0 Å². The Morgan fingerprint density at radius 1 is 1.18 bits per heavy atom. The number of fused-ring (bicyclic) bond motifs is 1. The van der Waals surface area contributed by atoms with Crippen molar-refractivity contribution in [2.75, 3.05) is 13.6 Å². The minimum atomic E-state index is -0.251. The summed E-state index contributed by atoms with van der Waals surface area (Å²) in [5.74, 6) is 0.812. The molecule has 3 rings (SSSR count). The Balaban J connectivity index is 1.79. The van der Waals surface area contributed by atoms with Crippen LogP contribution in [-0.2, 0) is 6.54 Å². The molecule has 0 atom stereocenters. The van der Waals surface area contributed by atoms with E-state index in [0.29, 0.717) is 5.58 Å². The van der Waals surface area contributed by atoms with E-state index in [4.69, 9.17) is 4.42 Å². The van der Waals surface area contributed by atoms with Gasteiger partial charge in [-0.1, -0.05) is 31.4 Å². The second-order valence-corrected chi connectivity index (χ2v) is 6.79. The SMILES string of the molecule is Cc1ccc2c(CN(C)CC3CCCCC3)cc(=O)oc2c1. The molecule has 0 radical (unpaired) electrons. The lowest BCUT2D eigenvalue weighted by Crippen LogP contribution is -2.27. The van der Waals surface area contributed by atoms with Crippen molar-refractivity contribution in [1.82, 2.24) is 4.90 Å². The van der Waals surface area contributed by atoms with Gasteiger partial charge in [-0.2, -0.15) is 0 Å². The zero-order valence-corrected chi connectivity index (χ0v) is 13.6. The molecule has 0 aliphatic heterocycles. The van der Waals surface area contributed by atoms with Gasteiger partial charge >= 0.3 is 5.63 Å². The zero-order valence-electron chi connectivity index (χ0n) is 13.6. The third-order valence-corrected chi connectivity index (χ3v) is 4.72. The number of hydrogen-bond donors (Lipinski definition) is 0. The van der Waals surface area contributed by atoms with E-state index < -0.39 is 0 Å². The topological polar surface area (TPSA) is 33.5 Å². The van der Waals surface area contributed by atoms with E-state index in [1.807, 2.05) is 13.0 Å². The maximum Gasteiger partial charge on any atom is 0.336 e. The van der Waals surface area contributed by atoms with E-state index in [0.717, 1.165) is 35.5 Å². The first-order chi connectivity index (χ1) is 10.6. The average molecular weight is 299 g/mol. The minimum Gasteiger partial charge on any atom is -0.423 e. The molecule has 118 valence electrons. The van der Waals surface area contributed by atoms with Crippen molar-refractivity contribution < 1.29 is 4.42 Å². The predicted molar refractivity (Wildman–Crippen MR) is 90.1 cm³/mol. The Morgan fingerprint density at radius 3 is 2.73 bits per heavy atom. The monoisotopic (exact) mass is 299 g/mol. The van der Waals surface area contributed by atoms with Gasteiger partial charge in [-0.05, 0) is 49.9 Å². The summed E-state index contributed by atoms with van der Waals surface area (Å²) >= 11 is 0. The van der Waals surface area contributed by atoms with Crippen LogP contribution in [0, 0.1) is 12.8 Å². The van der Waals surface area contributed by atoms with Gasteiger partial charge in [-0.25, -0.2) is 4.79 Å². The van der Waals surface area contributed by atoms with Crippen molar-refractivity contribution in [2.24, 2.45) is 5.92 Å². The van der Waals surface area contributed by atoms with Crippen molar-refractivity contribution >= 4 is 11.0 Å². The lowest BCUT2D eigenvalue weighted by atomic mass is 9.89. The second kappa shape index (κ2) is 6.66. The molecule has 1 aliphatic carbocycles. The van der Waals surface area contributed by atoms with Gasteiger partial charge < -0.3 is 9.32 Å². The molecule has 3 nitrogen and oxygen atoms in total. The maximum atomic E-state index is 11.8. The molecule has 1 aromatic heterocycles. The van der Waals surface area contributed by atoms with E-state index in [1.165, 1.54) is 32.1 Å². The van der Waals surface area contributed by atoms with E-state index >= 15 is 0 Å². The fourth-order valence-electron chi connectivity index (χ4n) is 3.63. The van der Waals surface area contributed by atoms with Crippen molar-refractivity contribution in [1.29, 1.82) is 0 Å². The first-order valence-electron chi connectivity index (χ1n) is 8.34. The molecule has 0 saturated heterocycles. The summed E-state index contributed by atoms with van der Waals surface area (Å²) in [5.41, 5.74) is 2.64. The van der Waals surface area contributed by atoms with Crippen LogP contribution in [0.2, 0.25) is 0 Å². The quantitative estimate of drug-likeness (QED) is 0.796. The average Bonchev–Trinajstić information content (AvgIpc) is 2.47. The molecule has 1 heterocycles. The third kappa shape index (κ3) is 3.58. The van der Waals surface area contributed by atoms with Crippen LogP contribution in [-0.4, -0.2) is 18.5 Å². The number of aryl methyl sites for hydroxylation is 1. The molecular formula is C19H25NO2. The van der Waals surface area contributed by atoms with Crippen LogP contribution in [0.1, 0.15) is 43.2 Å². The molecule has 1 aliphatic rings. The second-order valence-electron chi connectivity index (χ2n) is 6.79. The summed E-state index contributed by atoms with van der Waals surface area (Å²) in [6.45, 7) is 3.94. The van der Waals surface area contributed by atoms with Crippen LogP contribution in [0.4, 0.5) is 0 Å². The van der Waals surface area contributed by atoms with Gasteiger partial charge in [0.2, 0.25) is 0 Å². The highest BCUT2D eigenvalue weighted by atomic mass is 16.4. The van der Waals surface area contributed by atoms with Gasteiger partial charge in [0.05, 0.1) is 0 Å². The molecule has 1 aromatic carbocycles. The van der Waals surface area contributed by atoms with Crippen LogP contribution >= 0.6 is 0 Å². The highest BCUT2D eigenvalue weighted by Crippen LogP contribution is 2.25. The largest absolute Gasteiger partial charge is 0.423 e. The lowest BCUT2D eigenvalue weighted by molar-refractivity contribution is 0.228. The van der Waals surface area contributed by atoms with E-state index in [9.17, 15) is 4.79 Å². The summed E-state index contributed by atoms with van der Waals surface area (Å²) < 4.78 is 5.34. The molecule has 1 fully saturated rings. The van der Waals surface area contributed by atoms with Gasteiger partial charge in [-0.15, -0.1) is 0 Å². The standard InChI is InChI=1S/C19H25NO2/c1-14-8-9-17-16(11-19(21)22-18(17)10-14)13-20(2)12-15-6-4-3-5-7-15/h8-11,15H,3-7,12-13H2,1-2H3. The highest BCUT2D eigenvalue weighted by Gasteiger charge is 2.16.